The molecule has 3 heterocycles. The predicted molar refractivity (Wildman–Crippen MR) is 260 cm³/mol. The van der Waals surface area contributed by atoms with Gasteiger partial charge in [-0.2, -0.15) is 0 Å². The Bertz CT molecular complexity index is 3580. The van der Waals surface area contributed by atoms with Crippen molar-refractivity contribution in [1.29, 1.82) is 0 Å². The monoisotopic (exact) mass is 808 g/mol. The number of thiophene rings is 1. The largest absolute Gasteiger partial charge is 0.309 e. The Kier molecular flexibility index (Phi) is 8.65. The van der Waals surface area contributed by atoms with Crippen LogP contribution in [-0.2, 0) is 0 Å². The minimum Gasteiger partial charge on any atom is -0.309 e. The molecule has 0 bridgehead atoms. The van der Waals surface area contributed by atoms with E-state index in [-0.39, 0.29) is 0 Å². The van der Waals surface area contributed by atoms with Gasteiger partial charge in [-0.1, -0.05) is 170 Å². The Hall–Kier alpha value is -7.99. The van der Waals surface area contributed by atoms with Gasteiger partial charge in [0.15, 0.2) is 17.5 Å². The second-order valence-electron chi connectivity index (χ2n) is 15.6. The molecule has 0 radical (unpaired) electrons. The lowest BCUT2D eigenvalue weighted by Gasteiger charge is -2.20. The highest BCUT2D eigenvalue weighted by atomic mass is 32.1. The van der Waals surface area contributed by atoms with Crippen LogP contribution in [0.1, 0.15) is 0 Å². The fourth-order valence-corrected chi connectivity index (χ4v) is 10.0. The third-order valence-electron chi connectivity index (χ3n) is 11.9. The molecule has 3 aromatic heterocycles. The molecular weight excluding hydrogens is 773 g/mol. The van der Waals surface area contributed by atoms with Crippen LogP contribution in [0.25, 0.3) is 115 Å². The van der Waals surface area contributed by atoms with E-state index in [1.807, 2.05) is 29.5 Å². The topological polar surface area (TPSA) is 43.6 Å². The second-order valence-corrected chi connectivity index (χ2v) is 16.7. The maximum atomic E-state index is 5.42. The fraction of sp³-hybridized carbons (Fsp3) is 0. The van der Waals surface area contributed by atoms with Gasteiger partial charge in [0.05, 0.1) is 16.7 Å². The van der Waals surface area contributed by atoms with Gasteiger partial charge in [0.25, 0.3) is 0 Å². The standard InChI is InChI=1S/C57H36N4S/c1-4-17-37(18-5-1)46-35-47(38-19-6-2-7-20-38)52(61-50-28-13-10-25-43(50)44-26-11-14-29-51(44)61)36-49(46)57-59-55(39-21-8-3-9-22-39)58-56(60-57)42-24-16-23-40(33-42)41-31-32-54-48(34-41)45-27-12-15-30-53(45)62-54/h1-36H. The van der Waals surface area contributed by atoms with Crippen LogP contribution in [0.2, 0.25) is 0 Å². The molecule has 12 aromatic rings. The molecule has 0 atom stereocenters. The zero-order chi connectivity index (χ0) is 41.0. The van der Waals surface area contributed by atoms with Gasteiger partial charge in [-0.05, 0) is 76.3 Å². The van der Waals surface area contributed by atoms with Crippen LogP contribution in [-0.4, -0.2) is 19.5 Å². The first kappa shape index (κ1) is 35.9. The van der Waals surface area contributed by atoms with E-state index in [4.69, 9.17) is 15.0 Å². The first-order valence-corrected chi connectivity index (χ1v) is 21.7. The number of benzene rings is 9. The van der Waals surface area contributed by atoms with Crippen molar-refractivity contribution in [1.82, 2.24) is 19.5 Å². The quantitative estimate of drug-likeness (QED) is 0.161. The number of nitrogens with zero attached hydrogens (tertiary/aromatic N) is 4. The minimum atomic E-state index is 0.603. The van der Waals surface area contributed by atoms with E-state index in [1.54, 1.807) is 0 Å². The van der Waals surface area contributed by atoms with Gasteiger partial charge in [-0.15, -0.1) is 11.3 Å². The number of rotatable bonds is 7. The summed E-state index contributed by atoms with van der Waals surface area (Å²) in [6, 6.07) is 77.5. The fourth-order valence-electron chi connectivity index (χ4n) is 8.93. The van der Waals surface area contributed by atoms with Crippen LogP contribution in [0, 0.1) is 0 Å². The second kappa shape index (κ2) is 14.9. The molecule has 0 aliphatic rings. The van der Waals surface area contributed by atoms with Gasteiger partial charge >= 0.3 is 0 Å². The zero-order valence-electron chi connectivity index (χ0n) is 33.5. The smallest absolute Gasteiger partial charge is 0.164 e. The van der Waals surface area contributed by atoms with E-state index in [0.29, 0.717) is 17.5 Å². The highest BCUT2D eigenvalue weighted by molar-refractivity contribution is 7.25. The molecule has 290 valence electrons. The molecule has 0 saturated carbocycles. The van der Waals surface area contributed by atoms with Crippen molar-refractivity contribution in [2.75, 3.05) is 0 Å². The van der Waals surface area contributed by atoms with Gasteiger partial charge in [-0.3, -0.25) is 0 Å². The van der Waals surface area contributed by atoms with Gasteiger partial charge in [0, 0.05) is 53.2 Å². The molecule has 0 spiro atoms. The molecule has 0 unspecified atom stereocenters. The normalized spacial score (nSPS) is 11.5. The summed E-state index contributed by atoms with van der Waals surface area (Å²) in [4.78, 5) is 16.0. The first-order valence-electron chi connectivity index (χ1n) is 20.8. The van der Waals surface area contributed by atoms with Crippen LogP contribution in [0.4, 0.5) is 0 Å². The number of hydrogen-bond acceptors (Lipinski definition) is 4. The Morgan fingerprint density at radius 1 is 0.290 bits per heavy atom. The lowest BCUT2D eigenvalue weighted by atomic mass is 9.92. The summed E-state index contributed by atoms with van der Waals surface area (Å²) >= 11 is 1.84. The van der Waals surface area contributed by atoms with Crippen molar-refractivity contribution >= 4 is 53.3 Å². The van der Waals surface area contributed by atoms with Gasteiger partial charge in [0.2, 0.25) is 0 Å². The number of fused-ring (bicyclic) bond motifs is 6. The molecule has 9 aromatic carbocycles. The van der Waals surface area contributed by atoms with Crippen molar-refractivity contribution in [3.05, 3.63) is 218 Å². The summed E-state index contributed by atoms with van der Waals surface area (Å²) in [5.74, 6) is 1.83. The summed E-state index contributed by atoms with van der Waals surface area (Å²) in [6.45, 7) is 0. The highest BCUT2D eigenvalue weighted by Crippen LogP contribution is 2.43. The van der Waals surface area contributed by atoms with E-state index in [9.17, 15) is 0 Å². The summed E-state index contributed by atoms with van der Waals surface area (Å²) in [5, 5.41) is 4.97. The van der Waals surface area contributed by atoms with E-state index in [1.165, 1.54) is 30.9 Å². The van der Waals surface area contributed by atoms with Crippen LogP contribution >= 0.6 is 11.3 Å². The molecule has 4 nitrogen and oxygen atoms in total. The maximum absolute atomic E-state index is 5.42. The molecule has 5 heteroatoms. The Balaban J connectivity index is 1.12. The van der Waals surface area contributed by atoms with E-state index >= 15 is 0 Å². The maximum Gasteiger partial charge on any atom is 0.164 e. The Labute approximate surface area is 362 Å². The third-order valence-corrected chi connectivity index (χ3v) is 13.0. The molecular formula is C57H36N4S. The van der Waals surface area contributed by atoms with Crippen molar-refractivity contribution in [2.45, 2.75) is 0 Å². The van der Waals surface area contributed by atoms with Crippen molar-refractivity contribution in [3.63, 3.8) is 0 Å². The third kappa shape index (κ3) is 6.18. The summed E-state index contributed by atoms with van der Waals surface area (Å²) in [6.07, 6.45) is 0. The number of para-hydroxylation sites is 2. The first-order chi connectivity index (χ1) is 30.7. The molecule has 0 aliphatic heterocycles. The van der Waals surface area contributed by atoms with Crippen molar-refractivity contribution in [2.24, 2.45) is 0 Å². The average molecular weight is 809 g/mol. The molecule has 62 heavy (non-hydrogen) atoms. The van der Waals surface area contributed by atoms with E-state index < -0.39 is 0 Å². The van der Waals surface area contributed by atoms with Gasteiger partial charge in [0.1, 0.15) is 0 Å². The van der Waals surface area contributed by atoms with E-state index in [2.05, 4.69) is 205 Å². The summed E-state index contributed by atoms with van der Waals surface area (Å²) in [5.41, 5.74) is 12.7. The number of aromatic nitrogens is 4. The zero-order valence-corrected chi connectivity index (χ0v) is 34.3. The van der Waals surface area contributed by atoms with E-state index in [0.717, 1.165) is 66.8 Å². The van der Waals surface area contributed by atoms with Crippen LogP contribution in [0.5, 0.6) is 0 Å². The predicted octanol–water partition coefficient (Wildman–Crippen LogP) is 15.3. The molecule has 0 N–H and O–H groups in total. The Morgan fingerprint density at radius 3 is 1.48 bits per heavy atom. The molecule has 0 amide bonds. The van der Waals surface area contributed by atoms with Crippen molar-refractivity contribution in [3.8, 4) is 73.2 Å². The average Bonchev–Trinajstić information content (AvgIpc) is 3.90. The SMILES string of the molecule is c1ccc(-c2nc(-c3cccc(-c4ccc5sc6ccccc6c5c4)c3)nc(-c3cc(-n4c5ccccc5c5ccccc54)c(-c4ccccc4)cc3-c3ccccc3)n2)cc1. The minimum absolute atomic E-state index is 0.603. The van der Waals surface area contributed by atoms with Crippen LogP contribution in [0.3, 0.4) is 0 Å². The van der Waals surface area contributed by atoms with Gasteiger partial charge in [-0.25, -0.2) is 15.0 Å². The molecule has 0 fully saturated rings. The molecule has 0 aliphatic carbocycles. The van der Waals surface area contributed by atoms with Crippen molar-refractivity contribution < 1.29 is 0 Å². The van der Waals surface area contributed by atoms with Crippen LogP contribution in [0.15, 0.2) is 218 Å². The highest BCUT2D eigenvalue weighted by Gasteiger charge is 2.22. The molecule has 0 saturated heterocycles. The lowest BCUT2D eigenvalue weighted by molar-refractivity contribution is 1.07. The summed E-state index contributed by atoms with van der Waals surface area (Å²) in [7, 11) is 0. The van der Waals surface area contributed by atoms with Gasteiger partial charge < -0.3 is 4.57 Å². The van der Waals surface area contributed by atoms with Crippen LogP contribution < -0.4 is 0 Å². The molecule has 12 rings (SSSR count). The number of hydrogen-bond donors (Lipinski definition) is 0. The Morgan fingerprint density at radius 2 is 0.790 bits per heavy atom. The lowest BCUT2D eigenvalue weighted by Crippen LogP contribution is -2.04. The summed E-state index contributed by atoms with van der Waals surface area (Å²) < 4.78 is 4.99.